The topological polar surface area (TPSA) is 93.2 Å². The third-order valence-electron chi connectivity index (χ3n) is 7.11. The number of hydrogen-bond acceptors (Lipinski definition) is 8. The Labute approximate surface area is 220 Å². The largest absolute Gasteiger partial charge is 0.396 e. The van der Waals surface area contributed by atoms with E-state index in [0.29, 0.717) is 27.2 Å². The Kier molecular flexibility index (Phi) is 7.55. The monoisotopic (exact) mass is 521 g/mol. The number of aliphatic hydroxyl groups excluding tert-OH is 1. The second kappa shape index (κ2) is 11.0. The summed E-state index contributed by atoms with van der Waals surface area (Å²) in [7, 11) is 1.95. The van der Waals surface area contributed by atoms with Crippen molar-refractivity contribution in [3.63, 3.8) is 0 Å². The van der Waals surface area contributed by atoms with E-state index in [2.05, 4.69) is 35.5 Å². The maximum atomic E-state index is 13.3. The number of thiazole rings is 1. The zero-order valence-corrected chi connectivity index (χ0v) is 22.0. The van der Waals surface area contributed by atoms with Crippen LogP contribution in [0.3, 0.4) is 0 Å². The fourth-order valence-corrected chi connectivity index (χ4v) is 5.89. The first-order valence-electron chi connectivity index (χ1n) is 12.8. The average Bonchev–Trinajstić information content (AvgIpc) is 3.64. The van der Waals surface area contributed by atoms with Gasteiger partial charge in [-0.15, -0.1) is 0 Å². The van der Waals surface area contributed by atoms with E-state index in [1.807, 2.05) is 34.9 Å². The summed E-state index contributed by atoms with van der Waals surface area (Å²) in [5.74, 6) is 2.01. The van der Waals surface area contributed by atoms with Crippen LogP contribution < -0.4 is 10.3 Å². The van der Waals surface area contributed by atoms with E-state index in [1.54, 1.807) is 6.08 Å². The van der Waals surface area contributed by atoms with Gasteiger partial charge in [-0.1, -0.05) is 42.6 Å². The molecule has 0 amide bonds. The molecule has 194 valence electrons. The Bertz CT molecular complexity index is 1310. The molecule has 10 heteroatoms. The number of allylic oxidation sites excluding steroid dienone is 6. The van der Waals surface area contributed by atoms with Gasteiger partial charge in [0.05, 0.1) is 5.69 Å². The molecule has 37 heavy (non-hydrogen) atoms. The average molecular weight is 522 g/mol. The van der Waals surface area contributed by atoms with Crippen molar-refractivity contribution in [2.24, 2.45) is 5.92 Å². The van der Waals surface area contributed by atoms with E-state index >= 15 is 0 Å². The molecule has 0 radical (unpaired) electrons. The lowest BCUT2D eigenvalue weighted by atomic mass is 10.0. The molecule has 2 aromatic rings. The van der Waals surface area contributed by atoms with E-state index in [4.69, 9.17) is 9.97 Å². The molecule has 2 unspecified atom stereocenters. The number of likely N-dealkylation sites (tertiary alicyclic amines) is 1. The molecule has 1 aliphatic carbocycles. The SMILES string of the molecule is CCc1nc2n(c1N(C)c1nc(C3=C/CC/C=C(CF)/C=C\3)c(C#N)s1)NC(N1CCC(CO)C1)C=C2. The molecule has 5 rings (SSSR count). The zero-order valence-electron chi connectivity index (χ0n) is 21.2. The van der Waals surface area contributed by atoms with Crippen LogP contribution in [0.5, 0.6) is 0 Å². The first-order chi connectivity index (χ1) is 18.1. The molecule has 0 aromatic carbocycles. The molecule has 3 aliphatic rings. The second-order valence-corrected chi connectivity index (χ2v) is 10.5. The highest BCUT2D eigenvalue weighted by Gasteiger charge is 2.31. The first kappa shape index (κ1) is 25.4. The van der Waals surface area contributed by atoms with Gasteiger partial charge in [-0.2, -0.15) is 5.26 Å². The summed E-state index contributed by atoms with van der Waals surface area (Å²) in [6, 6.07) is 2.31. The summed E-state index contributed by atoms with van der Waals surface area (Å²) in [4.78, 5) is 14.6. The molecule has 2 aromatic heterocycles. The number of rotatable bonds is 7. The van der Waals surface area contributed by atoms with Crippen molar-refractivity contribution in [2.75, 3.05) is 43.7 Å². The van der Waals surface area contributed by atoms with Gasteiger partial charge in [0, 0.05) is 26.7 Å². The van der Waals surface area contributed by atoms with Crippen molar-refractivity contribution in [2.45, 2.75) is 38.8 Å². The maximum Gasteiger partial charge on any atom is 0.192 e. The molecule has 2 aliphatic heterocycles. The highest BCUT2D eigenvalue weighted by Crippen LogP contribution is 2.37. The lowest BCUT2D eigenvalue weighted by Crippen LogP contribution is -2.44. The quantitative estimate of drug-likeness (QED) is 0.559. The van der Waals surface area contributed by atoms with Gasteiger partial charge in [0.1, 0.15) is 29.5 Å². The van der Waals surface area contributed by atoms with Crippen molar-refractivity contribution in [1.82, 2.24) is 19.5 Å². The molecule has 8 nitrogen and oxygen atoms in total. The number of imidazole rings is 1. The number of aliphatic hydroxyl groups is 1. The van der Waals surface area contributed by atoms with Gasteiger partial charge in [0.2, 0.25) is 0 Å². The number of aromatic nitrogens is 3. The van der Waals surface area contributed by atoms with Crippen LogP contribution in [0.1, 0.15) is 48.3 Å². The third kappa shape index (κ3) is 4.99. The molecule has 2 atom stereocenters. The fourth-order valence-electron chi connectivity index (χ4n) is 5.05. The van der Waals surface area contributed by atoms with E-state index in [9.17, 15) is 14.8 Å². The molecule has 2 N–H and O–H groups in total. The molecule has 0 bridgehead atoms. The van der Waals surface area contributed by atoms with Gasteiger partial charge in [-0.3, -0.25) is 4.90 Å². The fraction of sp³-hybridized carbons (Fsp3) is 0.444. The van der Waals surface area contributed by atoms with Crippen LogP contribution in [-0.2, 0) is 6.42 Å². The Morgan fingerprint density at radius 3 is 2.84 bits per heavy atom. The van der Waals surface area contributed by atoms with E-state index in [1.165, 1.54) is 11.3 Å². The summed E-state index contributed by atoms with van der Waals surface area (Å²) >= 11 is 1.34. The molecule has 1 saturated heterocycles. The number of halogens is 1. The second-order valence-electron chi connectivity index (χ2n) is 9.52. The minimum Gasteiger partial charge on any atom is -0.396 e. The number of nitriles is 1. The smallest absolute Gasteiger partial charge is 0.192 e. The van der Waals surface area contributed by atoms with Crippen molar-refractivity contribution in [1.29, 1.82) is 5.26 Å². The number of fused-ring (bicyclic) bond motifs is 1. The van der Waals surface area contributed by atoms with Crippen molar-refractivity contribution >= 4 is 33.9 Å². The van der Waals surface area contributed by atoms with Crippen LogP contribution in [0.2, 0.25) is 0 Å². The van der Waals surface area contributed by atoms with Crippen LogP contribution in [0.15, 0.2) is 36.0 Å². The third-order valence-corrected chi connectivity index (χ3v) is 8.14. The summed E-state index contributed by atoms with van der Waals surface area (Å²) in [6.07, 6.45) is 15.0. The molecule has 0 saturated carbocycles. The Morgan fingerprint density at radius 2 is 2.11 bits per heavy atom. The van der Waals surface area contributed by atoms with Gasteiger partial charge in [-0.25, -0.2) is 19.0 Å². The Hall–Kier alpha value is -3.26. The van der Waals surface area contributed by atoms with Crippen LogP contribution in [0, 0.1) is 17.2 Å². The van der Waals surface area contributed by atoms with E-state index in [-0.39, 0.29) is 12.8 Å². The standard InChI is InChI=1S/C27H32FN7OS/c1-3-21-26(35-23(30-21)10-11-24(32-35)34-13-12-19(16-34)17-36)33(2)27-31-25(22(15-29)37-27)20-7-5-4-6-18(14-28)8-9-20/h6-11,19,24,32,36H,3-5,12-14,16-17H2,1-2H3/b9-8-,18-6-,20-7+. The van der Waals surface area contributed by atoms with E-state index < -0.39 is 6.67 Å². The zero-order chi connectivity index (χ0) is 25.9. The van der Waals surface area contributed by atoms with Gasteiger partial charge in [0.15, 0.2) is 16.8 Å². The highest BCUT2D eigenvalue weighted by atomic mass is 32.1. The van der Waals surface area contributed by atoms with Gasteiger partial charge in [-0.05, 0) is 54.9 Å². The summed E-state index contributed by atoms with van der Waals surface area (Å²) < 4.78 is 15.3. The number of nitrogens with zero attached hydrogens (tertiary/aromatic N) is 6. The lowest BCUT2D eigenvalue weighted by Gasteiger charge is -2.32. The predicted octanol–water partition coefficient (Wildman–Crippen LogP) is 4.38. The number of anilines is 2. The summed E-state index contributed by atoms with van der Waals surface area (Å²) in [5.41, 5.74) is 6.64. The minimum absolute atomic E-state index is 0.000368. The van der Waals surface area contributed by atoms with Crippen LogP contribution in [0.4, 0.5) is 15.3 Å². The van der Waals surface area contributed by atoms with Gasteiger partial charge < -0.3 is 15.4 Å². The van der Waals surface area contributed by atoms with E-state index in [0.717, 1.165) is 61.7 Å². The Balaban J connectivity index is 1.46. The number of nitrogens with one attached hydrogen (secondary N) is 1. The summed E-state index contributed by atoms with van der Waals surface area (Å²) in [5, 5.41) is 20.2. The number of hydrogen-bond donors (Lipinski definition) is 2. The first-order valence-corrected chi connectivity index (χ1v) is 13.6. The van der Waals surface area contributed by atoms with Gasteiger partial charge >= 0.3 is 0 Å². The van der Waals surface area contributed by atoms with Crippen molar-refractivity contribution in [3.8, 4) is 6.07 Å². The van der Waals surface area contributed by atoms with Crippen LogP contribution in [-0.4, -0.2) is 64.2 Å². The normalized spacial score (nSPS) is 25.2. The van der Waals surface area contributed by atoms with Crippen molar-refractivity contribution < 1.29 is 9.50 Å². The van der Waals surface area contributed by atoms with Crippen LogP contribution in [0.25, 0.3) is 11.6 Å². The number of aryl methyl sites for hydroxylation is 1. The minimum atomic E-state index is -0.507. The highest BCUT2D eigenvalue weighted by molar-refractivity contribution is 7.16. The number of alkyl halides is 1. The molecule has 0 spiro atoms. The molecular weight excluding hydrogens is 489 g/mol. The maximum absolute atomic E-state index is 13.3. The van der Waals surface area contributed by atoms with Gasteiger partial charge in [0.25, 0.3) is 0 Å². The summed E-state index contributed by atoms with van der Waals surface area (Å²) in [6.45, 7) is 3.55. The lowest BCUT2D eigenvalue weighted by molar-refractivity contribution is 0.213. The predicted molar refractivity (Wildman–Crippen MR) is 146 cm³/mol. The molecule has 1 fully saturated rings. The molecule has 4 heterocycles. The van der Waals surface area contributed by atoms with Crippen molar-refractivity contribution in [3.05, 3.63) is 58.0 Å². The van der Waals surface area contributed by atoms with Crippen LogP contribution >= 0.6 is 11.3 Å². The molecular formula is C27H32FN7OS. The Morgan fingerprint density at radius 1 is 1.27 bits per heavy atom.